The van der Waals surface area contributed by atoms with Gasteiger partial charge in [-0.1, -0.05) is 12.2 Å². The minimum Gasteiger partial charge on any atom is -0.315 e. The highest BCUT2D eigenvalue weighted by molar-refractivity contribution is 5.64. The second-order valence-electron chi connectivity index (χ2n) is 3.87. The van der Waals surface area contributed by atoms with Gasteiger partial charge in [0.2, 0.25) is 0 Å². The molecule has 66 valence electrons. The number of carbonyl (C=O) groups excluding carboxylic acids is 1. The van der Waals surface area contributed by atoms with Crippen LogP contribution in [0.25, 0.3) is 0 Å². The zero-order valence-electron chi connectivity index (χ0n) is 7.25. The third kappa shape index (κ3) is 1.11. The lowest BCUT2D eigenvalue weighted by molar-refractivity contribution is -0.117. The van der Waals surface area contributed by atoms with Crippen molar-refractivity contribution in [1.82, 2.24) is 5.32 Å². The van der Waals surface area contributed by atoms with Crippen LogP contribution in [0.2, 0.25) is 0 Å². The molecule has 0 aromatic carbocycles. The van der Waals surface area contributed by atoms with Crippen LogP contribution in [0, 0.1) is 11.3 Å². The van der Waals surface area contributed by atoms with Gasteiger partial charge in [-0.15, -0.1) is 0 Å². The van der Waals surface area contributed by atoms with Crippen molar-refractivity contribution in [3.63, 3.8) is 0 Å². The third-order valence-electron chi connectivity index (χ3n) is 3.19. The summed E-state index contributed by atoms with van der Waals surface area (Å²) >= 11 is 0. The van der Waals surface area contributed by atoms with Crippen LogP contribution in [0.15, 0.2) is 12.2 Å². The van der Waals surface area contributed by atoms with E-state index in [9.17, 15) is 4.79 Å². The standard InChI is InChI=1S/C10H15NO/c12-8-10-5-2-1-3-9(10)4-6-11-7-10/h2,5,8-9,11H,1,3-4,6-7H2. The molecule has 2 nitrogen and oxygen atoms in total. The first kappa shape index (κ1) is 7.99. The SMILES string of the molecule is O=CC12C=CCCC1CCNC2. The van der Waals surface area contributed by atoms with Gasteiger partial charge in [0, 0.05) is 6.54 Å². The molecule has 1 aliphatic carbocycles. The van der Waals surface area contributed by atoms with E-state index < -0.39 is 0 Å². The number of nitrogens with one attached hydrogen (secondary N) is 1. The molecule has 2 heteroatoms. The molecule has 0 amide bonds. The Bertz CT molecular complexity index is 212. The fourth-order valence-electron chi connectivity index (χ4n) is 2.38. The Kier molecular flexibility index (Phi) is 2.01. The van der Waals surface area contributed by atoms with Gasteiger partial charge >= 0.3 is 0 Å². The number of hydrogen-bond acceptors (Lipinski definition) is 2. The first-order valence-corrected chi connectivity index (χ1v) is 4.72. The first-order chi connectivity index (χ1) is 5.87. The van der Waals surface area contributed by atoms with Gasteiger partial charge in [0.05, 0.1) is 5.41 Å². The fraction of sp³-hybridized carbons (Fsp3) is 0.700. The maximum atomic E-state index is 11.0. The zero-order valence-corrected chi connectivity index (χ0v) is 7.25. The van der Waals surface area contributed by atoms with E-state index in [1.807, 2.05) is 0 Å². The predicted octanol–water partition coefficient (Wildman–Crippen LogP) is 1.13. The van der Waals surface area contributed by atoms with Crippen LogP contribution in [0.4, 0.5) is 0 Å². The van der Waals surface area contributed by atoms with Crippen LogP contribution in [0.1, 0.15) is 19.3 Å². The number of fused-ring (bicyclic) bond motifs is 1. The molecule has 0 spiro atoms. The van der Waals surface area contributed by atoms with Gasteiger partial charge in [0.15, 0.2) is 0 Å². The molecule has 0 aromatic rings. The Hall–Kier alpha value is -0.630. The first-order valence-electron chi connectivity index (χ1n) is 4.72. The second kappa shape index (κ2) is 3.02. The van der Waals surface area contributed by atoms with E-state index in [0.717, 1.165) is 32.2 Å². The van der Waals surface area contributed by atoms with Crippen molar-refractivity contribution in [3.8, 4) is 0 Å². The van der Waals surface area contributed by atoms with Crippen molar-refractivity contribution in [2.45, 2.75) is 19.3 Å². The molecule has 2 unspecified atom stereocenters. The van der Waals surface area contributed by atoms with Crippen LogP contribution < -0.4 is 5.32 Å². The number of allylic oxidation sites excluding steroid dienone is 1. The normalized spacial score (nSPS) is 40.5. The lowest BCUT2D eigenvalue weighted by Crippen LogP contribution is -2.47. The highest BCUT2D eigenvalue weighted by Crippen LogP contribution is 2.38. The maximum Gasteiger partial charge on any atom is 0.131 e. The van der Waals surface area contributed by atoms with E-state index in [0.29, 0.717) is 5.92 Å². The Labute approximate surface area is 73.0 Å². The molecule has 0 radical (unpaired) electrons. The van der Waals surface area contributed by atoms with Gasteiger partial charge in [-0.2, -0.15) is 0 Å². The Morgan fingerprint density at radius 2 is 2.42 bits per heavy atom. The van der Waals surface area contributed by atoms with E-state index in [4.69, 9.17) is 0 Å². The van der Waals surface area contributed by atoms with Crippen molar-refractivity contribution in [2.75, 3.05) is 13.1 Å². The fourth-order valence-corrected chi connectivity index (χ4v) is 2.38. The van der Waals surface area contributed by atoms with E-state index in [-0.39, 0.29) is 5.41 Å². The van der Waals surface area contributed by atoms with E-state index in [2.05, 4.69) is 17.5 Å². The average molecular weight is 165 g/mol. The molecule has 0 bridgehead atoms. The minimum atomic E-state index is -0.156. The molecule has 1 saturated heterocycles. The molecule has 1 heterocycles. The summed E-state index contributed by atoms with van der Waals surface area (Å²) in [6.07, 6.45) is 8.90. The molecule has 0 aromatic heterocycles. The average Bonchev–Trinajstić information content (AvgIpc) is 2.18. The summed E-state index contributed by atoms with van der Waals surface area (Å²) in [6, 6.07) is 0. The van der Waals surface area contributed by atoms with Crippen molar-refractivity contribution >= 4 is 6.29 Å². The number of carbonyl (C=O) groups is 1. The molecular formula is C10H15NO. The Morgan fingerprint density at radius 1 is 1.50 bits per heavy atom. The monoisotopic (exact) mass is 165 g/mol. The van der Waals surface area contributed by atoms with Gasteiger partial charge < -0.3 is 10.1 Å². The van der Waals surface area contributed by atoms with Crippen LogP contribution in [-0.2, 0) is 4.79 Å². The second-order valence-corrected chi connectivity index (χ2v) is 3.87. The summed E-state index contributed by atoms with van der Waals surface area (Å²) < 4.78 is 0. The summed E-state index contributed by atoms with van der Waals surface area (Å²) in [5.41, 5.74) is -0.156. The molecule has 1 N–H and O–H groups in total. The molecule has 0 saturated carbocycles. The molecular weight excluding hydrogens is 150 g/mol. The van der Waals surface area contributed by atoms with Crippen LogP contribution in [-0.4, -0.2) is 19.4 Å². The Balaban J connectivity index is 2.25. The molecule has 2 rings (SSSR count). The molecule has 2 aliphatic rings. The van der Waals surface area contributed by atoms with E-state index >= 15 is 0 Å². The number of piperidine rings is 1. The minimum absolute atomic E-state index is 0.156. The van der Waals surface area contributed by atoms with Crippen molar-refractivity contribution in [2.24, 2.45) is 11.3 Å². The summed E-state index contributed by atoms with van der Waals surface area (Å²) in [5.74, 6) is 0.598. The van der Waals surface area contributed by atoms with Crippen molar-refractivity contribution < 1.29 is 4.79 Å². The zero-order chi connectivity index (χ0) is 8.44. The van der Waals surface area contributed by atoms with Crippen LogP contribution in [0.5, 0.6) is 0 Å². The number of aldehydes is 1. The lowest BCUT2D eigenvalue weighted by atomic mass is 9.68. The van der Waals surface area contributed by atoms with Gasteiger partial charge in [0.1, 0.15) is 6.29 Å². The van der Waals surface area contributed by atoms with Gasteiger partial charge in [0.25, 0.3) is 0 Å². The summed E-state index contributed by atoms with van der Waals surface area (Å²) in [5, 5.41) is 3.29. The van der Waals surface area contributed by atoms with E-state index in [1.54, 1.807) is 0 Å². The van der Waals surface area contributed by atoms with Crippen LogP contribution in [0.3, 0.4) is 0 Å². The quantitative estimate of drug-likeness (QED) is 0.466. The predicted molar refractivity (Wildman–Crippen MR) is 47.8 cm³/mol. The lowest BCUT2D eigenvalue weighted by Gasteiger charge is -2.40. The molecule has 1 aliphatic heterocycles. The van der Waals surface area contributed by atoms with Gasteiger partial charge in [-0.3, -0.25) is 0 Å². The van der Waals surface area contributed by atoms with Gasteiger partial charge in [-0.25, -0.2) is 0 Å². The molecule has 2 atom stereocenters. The van der Waals surface area contributed by atoms with Gasteiger partial charge in [-0.05, 0) is 31.7 Å². The maximum absolute atomic E-state index is 11.0. The number of rotatable bonds is 1. The highest BCUT2D eigenvalue weighted by Gasteiger charge is 2.39. The Morgan fingerprint density at radius 3 is 3.17 bits per heavy atom. The molecule has 1 fully saturated rings. The van der Waals surface area contributed by atoms with E-state index in [1.165, 1.54) is 6.42 Å². The van der Waals surface area contributed by atoms with Crippen molar-refractivity contribution in [1.29, 1.82) is 0 Å². The summed E-state index contributed by atoms with van der Waals surface area (Å²) in [4.78, 5) is 11.0. The van der Waals surface area contributed by atoms with Crippen molar-refractivity contribution in [3.05, 3.63) is 12.2 Å². The summed E-state index contributed by atoms with van der Waals surface area (Å²) in [7, 11) is 0. The summed E-state index contributed by atoms with van der Waals surface area (Å²) in [6.45, 7) is 1.92. The van der Waals surface area contributed by atoms with Crippen LogP contribution >= 0.6 is 0 Å². The third-order valence-corrected chi connectivity index (χ3v) is 3.19. The largest absolute Gasteiger partial charge is 0.315 e. The number of hydrogen-bond donors (Lipinski definition) is 1. The highest BCUT2D eigenvalue weighted by atomic mass is 16.1. The smallest absolute Gasteiger partial charge is 0.131 e. The topological polar surface area (TPSA) is 29.1 Å². The molecule has 12 heavy (non-hydrogen) atoms.